The van der Waals surface area contributed by atoms with Gasteiger partial charge in [-0.25, -0.2) is 0 Å². The van der Waals surface area contributed by atoms with E-state index in [9.17, 15) is 5.11 Å². The van der Waals surface area contributed by atoms with E-state index in [4.69, 9.17) is 4.43 Å². The molecule has 11 heavy (non-hydrogen) atoms. The van der Waals surface area contributed by atoms with E-state index in [2.05, 4.69) is 6.55 Å². The third kappa shape index (κ3) is 1.83. The van der Waals surface area contributed by atoms with Crippen molar-refractivity contribution in [2.24, 2.45) is 0 Å². The maximum absolute atomic E-state index is 9.18. The summed E-state index contributed by atoms with van der Waals surface area (Å²) in [6.07, 6.45) is 5.50. The third-order valence-corrected chi connectivity index (χ3v) is 6.86. The fourth-order valence-corrected chi connectivity index (χ4v) is 4.25. The van der Waals surface area contributed by atoms with E-state index in [1.165, 1.54) is 25.7 Å². The van der Waals surface area contributed by atoms with Gasteiger partial charge in [-0.05, 0) is 12.1 Å². The molecular weight excluding hydrogens is 156 g/mol. The van der Waals surface area contributed by atoms with Gasteiger partial charge in [0.15, 0.2) is 0 Å². The molecule has 0 aromatic rings. The number of rotatable bonds is 3. The molecule has 1 fully saturated rings. The van der Waals surface area contributed by atoms with Crippen LogP contribution < -0.4 is 0 Å². The largest absolute Gasteiger partial charge is 0.418 e. The summed E-state index contributed by atoms with van der Waals surface area (Å²) in [5.74, 6) is 0. The first-order chi connectivity index (χ1) is 5.23. The molecule has 1 atom stereocenters. The van der Waals surface area contributed by atoms with Crippen LogP contribution in [0.1, 0.15) is 25.7 Å². The van der Waals surface area contributed by atoms with Crippen LogP contribution >= 0.6 is 0 Å². The molecule has 1 unspecified atom stereocenters. The normalized spacial score (nSPS) is 25.4. The Bertz CT molecular complexity index is 117. The van der Waals surface area contributed by atoms with Gasteiger partial charge in [0.1, 0.15) is 0 Å². The fourth-order valence-electron chi connectivity index (χ4n) is 1.90. The Labute approximate surface area is 69.7 Å². The SMILES string of the molecule is CO[Si](C)(CO)C1CCCC1. The first-order valence-corrected chi connectivity index (χ1v) is 7.08. The van der Waals surface area contributed by atoms with Gasteiger partial charge in [0.05, 0.1) is 6.23 Å². The fraction of sp³-hybridized carbons (Fsp3) is 1.00. The number of aliphatic hydroxyl groups is 1. The van der Waals surface area contributed by atoms with Gasteiger partial charge in [-0.1, -0.05) is 25.7 Å². The highest BCUT2D eigenvalue weighted by atomic mass is 28.4. The number of aliphatic hydroxyl groups excluding tert-OH is 1. The third-order valence-electron chi connectivity index (χ3n) is 3.00. The second-order valence-electron chi connectivity index (χ2n) is 3.66. The van der Waals surface area contributed by atoms with Crippen LogP contribution in [0.5, 0.6) is 0 Å². The molecule has 0 heterocycles. The Kier molecular flexibility index (Phi) is 3.10. The van der Waals surface area contributed by atoms with Crippen molar-refractivity contribution in [3.8, 4) is 0 Å². The van der Waals surface area contributed by atoms with Crippen molar-refractivity contribution in [3.05, 3.63) is 0 Å². The summed E-state index contributed by atoms with van der Waals surface area (Å²) in [6.45, 7) is 2.14. The van der Waals surface area contributed by atoms with Crippen molar-refractivity contribution in [2.75, 3.05) is 13.3 Å². The van der Waals surface area contributed by atoms with Gasteiger partial charge in [0.25, 0.3) is 0 Å². The number of hydrogen-bond acceptors (Lipinski definition) is 2. The standard InChI is InChI=1S/C8H18O2Si/c1-10-11(2,7-9)8-5-3-4-6-8/h8-9H,3-7H2,1-2H3. The van der Waals surface area contributed by atoms with E-state index in [1.807, 2.05) is 0 Å². The molecule has 1 N–H and O–H groups in total. The van der Waals surface area contributed by atoms with Crippen LogP contribution in [0.15, 0.2) is 0 Å². The lowest BCUT2D eigenvalue weighted by molar-refractivity contribution is 0.292. The molecular formula is C8H18O2Si. The van der Waals surface area contributed by atoms with Crippen LogP contribution in [0, 0.1) is 0 Å². The maximum Gasteiger partial charge on any atom is 0.217 e. The van der Waals surface area contributed by atoms with Crippen molar-refractivity contribution in [2.45, 2.75) is 37.8 Å². The van der Waals surface area contributed by atoms with E-state index < -0.39 is 8.32 Å². The highest BCUT2D eigenvalue weighted by Crippen LogP contribution is 2.38. The quantitative estimate of drug-likeness (QED) is 0.660. The van der Waals surface area contributed by atoms with Crippen LogP contribution in [-0.4, -0.2) is 26.8 Å². The minimum Gasteiger partial charge on any atom is -0.418 e. The first kappa shape index (κ1) is 9.23. The Morgan fingerprint density at radius 1 is 1.45 bits per heavy atom. The summed E-state index contributed by atoms with van der Waals surface area (Å²) in [5.41, 5.74) is 0.706. The molecule has 0 aliphatic heterocycles. The van der Waals surface area contributed by atoms with Crippen molar-refractivity contribution in [1.29, 1.82) is 0 Å². The van der Waals surface area contributed by atoms with Gasteiger partial charge in [-0.3, -0.25) is 0 Å². The zero-order valence-corrected chi connectivity index (χ0v) is 8.47. The highest BCUT2D eigenvalue weighted by molar-refractivity contribution is 6.73. The topological polar surface area (TPSA) is 29.5 Å². The zero-order valence-electron chi connectivity index (χ0n) is 7.47. The van der Waals surface area contributed by atoms with Crippen molar-refractivity contribution in [1.82, 2.24) is 0 Å². The molecule has 2 nitrogen and oxygen atoms in total. The van der Waals surface area contributed by atoms with Crippen molar-refractivity contribution in [3.63, 3.8) is 0 Å². The van der Waals surface area contributed by atoms with E-state index >= 15 is 0 Å². The lowest BCUT2D eigenvalue weighted by atomic mass is 10.4. The minimum atomic E-state index is -1.71. The predicted octanol–water partition coefficient (Wildman–Crippen LogP) is 1.68. The minimum absolute atomic E-state index is 0.286. The first-order valence-electron chi connectivity index (χ1n) is 4.39. The van der Waals surface area contributed by atoms with Gasteiger partial charge in [-0.15, -0.1) is 0 Å². The van der Waals surface area contributed by atoms with Crippen LogP contribution in [0.25, 0.3) is 0 Å². The average molecular weight is 174 g/mol. The second kappa shape index (κ2) is 3.69. The predicted molar refractivity (Wildman–Crippen MR) is 47.9 cm³/mol. The molecule has 0 spiro atoms. The summed E-state index contributed by atoms with van der Waals surface area (Å²) in [5, 5.41) is 9.18. The van der Waals surface area contributed by atoms with Crippen LogP contribution in [0.3, 0.4) is 0 Å². The lowest BCUT2D eigenvalue weighted by Gasteiger charge is -2.29. The Balaban J connectivity index is 2.52. The molecule has 1 aliphatic carbocycles. The van der Waals surface area contributed by atoms with Gasteiger partial charge in [0.2, 0.25) is 8.32 Å². The molecule has 0 bridgehead atoms. The summed E-state index contributed by atoms with van der Waals surface area (Å²) >= 11 is 0. The Morgan fingerprint density at radius 3 is 2.36 bits per heavy atom. The van der Waals surface area contributed by atoms with Crippen molar-refractivity contribution < 1.29 is 9.53 Å². The van der Waals surface area contributed by atoms with E-state index in [0.717, 1.165) is 0 Å². The van der Waals surface area contributed by atoms with Crippen LogP contribution in [0.2, 0.25) is 12.1 Å². The van der Waals surface area contributed by atoms with Gasteiger partial charge in [0, 0.05) is 7.11 Å². The smallest absolute Gasteiger partial charge is 0.217 e. The van der Waals surface area contributed by atoms with E-state index in [1.54, 1.807) is 7.11 Å². The zero-order chi connectivity index (χ0) is 8.32. The Hall–Kier alpha value is 0.137. The molecule has 1 aliphatic rings. The van der Waals surface area contributed by atoms with Gasteiger partial charge in [-0.2, -0.15) is 0 Å². The molecule has 1 saturated carbocycles. The highest BCUT2D eigenvalue weighted by Gasteiger charge is 2.38. The summed E-state index contributed by atoms with van der Waals surface area (Å²) < 4.78 is 5.46. The van der Waals surface area contributed by atoms with Gasteiger partial charge < -0.3 is 9.53 Å². The summed E-state index contributed by atoms with van der Waals surface area (Å²) in [4.78, 5) is 0. The molecule has 0 saturated heterocycles. The summed E-state index contributed by atoms with van der Waals surface area (Å²) in [7, 11) is 0.0420. The molecule has 1 rings (SSSR count). The maximum atomic E-state index is 9.18. The van der Waals surface area contributed by atoms with Gasteiger partial charge >= 0.3 is 0 Å². The number of hydrogen-bond donors (Lipinski definition) is 1. The van der Waals surface area contributed by atoms with Crippen molar-refractivity contribution >= 4 is 8.32 Å². The molecule has 66 valence electrons. The monoisotopic (exact) mass is 174 g/mol. The Morgan fingerprint density at radius 2 is 2.00 bits per heavy atom. The summed E-state index contributed by atoms with van der Waals surface area (Å²) in [6, 6.07) is 0. The molecule has 0 amide bonds. The molecule has 0 aromatic carbocycles. The average Bonchev–Trinajstić information content (AvgIpc) is 2.55. The molecule has 0 aromatic heterocycles. The van der Waals surface area contributed by atoms with Crippen LogP contribution in [-0.2, 0) is 4.43 Å². The van der Waals surface area contributed by atoms with Crippen LogP contribution in [0.4, 0.5) is 0 Å². The second-order valence-corrected chi connectivity index (χ2v) is 7.82. The van der Waals surface area contributed by atoms with E-state index in [-0.39, 0.29) is 6.23 Å². The molecule has 0 radical (unpaired) electrons. The molecule has 3 heteroatoms. The van der Waals surface area contributed by atoms with E-state index in [0.29, 0.717) is 5.54 Å². The lowest BCUT2D eigenvalue weighted by Crippen LogP contribution is -2.42.